The topological polar surface area (TPSA) is 91.7 Å². The first-order valence-corrected chi connectivity index (χ1v) is 6.97. The maximum atomic E-state index is 13.6. The van der Waals surface area contributed by atoms with Crippen LogP contribution in [0.4, 0.5) is 4.39 Å². The van der Waals surface area contributed by atoms with Crippen LogP contribution in [0.2, 0.25) is 0 Å². The average Bonchev–Trinajstić information content (AvgIpc) is 2.22. The summed E-state index contributed by atoms with van der Waals surface area (Å²) in [7, 11) is -3.77. The number of aromatic hydroxyl groups is 1. The van der Waals surface area contributed by atoms with Crippen LogP contribution in [0.3, 0.4) is 0 Å². The van der Waals surface area contributed by atoms with E-state index in [-0.39, 0.29) is 12.0 Å². The first kappa shape index (κ1) is 14.4. The van der Waals surface area contributed by atoms with Gasteiger partial charge in [-0.05, 0) is 18.1 Å². The van der Waals surface area contributed by atoms with E-state index in [9.17, 15) is 22.7 Å². The van der Waals surface area contributed by atoms with Crippen LogP contribution in [0.5, 0.6) is 5.75 Å². The molecule has 0 radical (unpaired) electrons. The number of sulfone groups is 1. The standard InChI is InChI=1S/C11H13FO5S/c1-6(11(14)15)5-7-3-4-8(18(2,16)17)9(12)10(7)13/h3-4,6,13H,5H2,1-2H3,(H,14,15). The van der Waals surface area contributed by atoms with E-state index >= 15 is 0 Å². The van der Waals surface area contributed by atoms with Crippen molar-refractivity contribution < 1.29 is 27.8 Å². The molecular weight excluding hydrogens is 263 g/mol. The van der Waals surface area contributed by atoms with Crippen molar-refractivity contribution in [2.45, 2.75) is 18.2 Å². The number of carboxylic acids is 1. The van der Waals surface area contributed by atoms with E-state index in [0.717, 1.165) is 12.3 Å². The lowest BCUT2D eigenvalue weighted by Gasteiger charge is -2.10. The number of hydrogen-bond donors (Lipinski definition) is 2. The van der Waals surface area contributed by atoms with Gasteiger partial charge in [-0.1, -0.05) is 13.0 Å². The number of phenolic OH excluding ortho intramolecular Hbond substituents is 1. The number of hydrogen-bond acceptors (Lipinski definition) is 4. The highest BCUT2D eigenvalue weighted by Crippen LogP contribution is 2.29. The SMILES string of the molecule is CC(Cc1ccc(S(C)(=O)=O)c(F)c1O)C(=O)O. The van der Waals surface area contributed by atoms with Crippen LogP contribution in [0.1, 0.15) is 12.5 Å². The molecule has 0 saturated carbocycles. The predicted molar refractivity (Wildman–Crippen MR) is 61.7 cm³/mol. The molecule has 2 N–H and O–H groups in total. The lowest BCUT2D eigenvalue weighted by molar-refractivity contribution is -0.141. The monoisotopic (exact) mass is 276 g/mol. The molecule has 0 saturated heterocycles. The predicted octanol–water partition coefficient (Wildman–Crippen LogP) is 1.20. The summed E-state index contributed by atoms with van der Waals surface area (Å²) in [5.41, 5.74) is 0.0646. The minimum Gasteiger partial charge on any atom is -0.505 e. The van der Waals surface area contributed by atoms with Gasteiger partial charge in [-0.15, -0.1) is 0 Å². The van der Waals surface area contributed by atoms with E-state index in [0.29, 0.717) is 0 Å². The van der Waals surface area contributed by atoms with Crippen molar-refractivity contribution in [3.8, 4) is 5.75 Å². The van der Waals surface area contributed by atoms with Crippen molar-refractivity contribution in [2.75, 3.05) is 6.26 Å². The Morgan fingerprint density at radius 2 is 2.00 bits per heavy atom. The molecule has 1 unspecified atom stereocenters. The number of benzene rings is 1. The first-order valence-electron chi connectivity index (χ1n) is 5.07. The molecule has 1 aromatic rings. The number of rotatable bonds is 4. The van der Waals surface area contributed by atoms with Crippen LogP contribution in [0.15, 0.2) is 17.0 Å². The fraction of sp³-hybridized carbons (Fsp3) is 0.364. The molecule has 0 aliphatic rings. The van der Waals surface area contributed by atoms with Crippen molar-refractivity contribution in [3.05, 3.63) is 23.5 Å². The van der Waals surface area contributed by atoms with E-state index in [1.165, 1.54) is 13.0 Å². The van der Waals surface area contributed by atoms with Crippen molar-refractivity contribution in [2.24, 2.45) is 5.92 Å². The Balaban J connectivity index is 3.21. The minimum atomic E-state index is -3.77. The molecule has 7 heteroatoms. The smallest absolute Gasteiger partial charge is 0.306 e. The van der Waals surface area contributed by atoms with E-state index in [2.05, 4.69) is 0 Å². The van der Waals surface area contributed by atoms with Gasteiger partial charge >= 0.3 is 5.97 Å². The van der Waals surface area contributed by atoms with Crippen LogP contribution in [-0.4, -0.2) is 30.9 Å². The molecule has 0 spiro atoms. The second-order valence-corrected chi connectivity index (χ2v) is 6.09. The Kier molecular flexibility index (Phi) is 3.95. The van der Waals surface area contributed by atoms with Gasteiger partial charge in [0.15, 0.2) is 21.4 Å². The summed E-state index contributed by atoms with van der Waals surface area (Å²) in [6.07, 6.45) is 0.743. The third-order valence-corrected chi connectivity index (χ3v) is 3.63. The van der Waals surface area contributed by atoms with Crippen LogP contribution in [-0.2, 0) is 21.1 Å². The molecule has 0 aromatic heterocycles. The van der Waals surface area contributed by atoms with E-state index < -0.39 is 38.2 Å². The van der Waals surface area contributed by atoms with Crippen LogP contribution in [0.25, 0.3) is 0 Å². The summed E-state index contributed by atoms with van der Waals surface area (Å²) in [4.78, 5) is 10.0. The molecule has 0 fully saturated rings. The van der Waals surface area contributed by atoms with Crippen molar-refractivity contribution >= 4 is 15.8 Å². The summed E-state index contributed by atoms with van der Waals surface area (Å²) in [5, 5.41) is 18.3. The highest BCUT2D eigenvalue weighted by atomic mass is 32.2. The highest BCUT2D eigenvalue weighted by molar-refractivity contribution is 7.90. The van der Waals surface area contributed by atoms with Gasteiger partial charge in [0.05, 0.1) is 5.92 Å². The van der Waals surface area contributed by atoms with Gasteiger partial charge in [-0.25, -0.2) is 12.8 Å². The normalized spacial score (nSPS) is 13.3. The summed E-state index contributed by atoms with van der Waals surface area (Å²) in [6, 6.07) is 2.24. The fourth-order valence-corrected chi connectivity index (χ4v) is 2.19. The molecule has 1 aromatic carbocycles. The highest BCUT2D eigenvalue weighted by Gasteiger charge is 2.21. The molecule has 18 heavy (non-hydrogen) atoms. The van der Waals surface area contributed by atoms with Gasteiger partial charge in [0.25, 0.3) is 0 Å². The molecule has 1 atom stereocenters. The van der Waals surface area contributed by atoms with Gasteiger partial charge in [0.1, 0.15) is 4.90 Å². The average molecular weight is 276 g/mol. The molecule has 0 aliphatic carbocycles. The van der Waals surface area contributed by atoms with Crippen LogP contribution < -0.4 is 0 Å². The second-order valence-electron chi connectivity index (χ2n) is 4.10. The molecule has 100 valence electrons. The number of phenols is 1. The Hall–Kier alpha value is -1.63. The number of carbonyl (C=O) groups is 1. The molecule has 0 aliphatic heterocycles. The van der Waals surface area contributed by atoms with Gasteiger partial charge in [0, 0.05) is 6.26 Å². The Bertz CT molecular complexity index is 579. The number of aliphatic carboxylic acids is 1. The summed E-state index contributed by atoms with van der Waals surface area (Å²) in [6.45, 7) is 1.41. The number of carboxylic acid groups (broad SMARTS) is 1. The van der Waals surface area contributed by atoms with Crippen LogP contribution >= 0.6 is 0 Å². The largest absolute Gasteiger partial charge is 0.505 e. The third-order valence-electron chi connectivity index (χ3n) is 2.51. The zero-order chi connectivity index (χ0) is 14.1. The van der Waals surface area contributed by atoms with Crippen molar-refractivity contribution in [3.63, 3.8) is 0 Å². The Labute approximate surface area is 104 Å². The molecule has 0 heterocycles. The van der Waals surface area contributed by atoms with Crippen molar-refractivity contribution in [1.29, 1.82) is 0 Å². The zero-order valence-electron chi connectivity index (χ0n) is 9.84. The Morgan fingerprint density at radius 3 is 2.44 bits per heavy atom. The minimum absolute atomic E-state index is 0.0646. The molecular formula is C11H13FO5S. The zero-order valence-corrected chi connectivity index (χ0v) is 10.7. The van der Waals surface area contributed by atoms with E-state index in [1.54, 1.807) is 0 Å². The lowest BCUT2D eigenvalue weighted by atomic mass is 10.0. The second kappa shape index (κ2) is 4.93. The number of halogens is 1. The van der Waals surface area contributed by atoms with Gasteiger partial charge < -0.3 is 10.2 Å². The molecule has 5 nitrogen and oxygen atoms in total. The molecule has 0 amide bonds. The van der Waals surface area contributed by atoms with Gasteiger partial charge in [-0.3, -0.25) is 4.79 Å². The summed E-state index contributed by atoms with van der Waals surface area (Å²) < 4.78 is 36.0. The summed E-state index contributed by atoms with van der Waals surface area (Å²) >= 11 is 0. The quantitative estimate of drug-likeness (QED) is 0.862. The maximum absolute atomic E-state index is 13.6. The fourth-order valence-electron chi connectivity index (χ4n) is 1.45. The summed E-state index contributed by atoms with van der Waals surface area (Å²) in [5.74, 6) is -3.94. The van der Waals surface area contributed by atoms with E-state index in [1.807, 2.05) is 0 Å². The Morgan fingerprint density at radius 1 is 1.44 bits per heavy atom. The van der Waals surface area contributed by atoms with Crippen LogP contribution in [0, 0.1) is 11.7 Å². The third kappa shape index (κ3) is 2.98. The molecule has 0 bridgehead atoms. The van der Waals surface area contributed by atoms with Gasteiger partial charge in [-0.2, -0.15) is 0 Å². The maximum Gasteiger partial charge on any atom is 0.306 e. The first-order chi connectivity index (χ1) is 8.14. The molecule has 1 rings (SSSR count). The lowest BCUT2D eigenvalue weighted by Crippen LogP contribution is -2.13. The van der Waals surface area contributed by atoms with Crippen molar-refractivity contribution in [1.82, 2.24) is 0 Å². The van der Waals surface area contributed by atoms with Gasteiger partial charge in [0.2, 0.25) is 0 Å². The van der Waals surface area contributed by atoms with E-state index in [4.69, 9.17) is 5.11 Å².